The van der Waals surface area contributed by atoms with Crippen LogP contribution in [0.15, 0.2) is 0 Å². The van der Waals surface area contributed by atoms with Crippen LogP contribution in [0.25, 0.3) is 0 Å². The number of nitrogens with two attached hydrogens (primary N) is 3. The first-order valence-corrected chi connectivity index (χ1v) is 12.4. The molecule has 0 radical (unpaired) electrons. The number of hydrogen-bond acceptors (Lipinski definition) is 17. The Kier molecular flexibility index (Phi) is 9.60. The molecule has 4 saturated heterocycles. The Bertz CT molecular complexity index is 779. The van der Waals surface area contributed by atoms with Gasteiger partial charge in [-0.1, -0.05) is 0 Å². The number of hydrogen-bond donors (Lipinski definition) is 11. The van der Waals surface area contributed by atoms with Crippen LogP contribution in [0.1, 0.15) is 6.42 Å². The minimum absolute atomic E-state index is 0.0333. The van der Waals surface area contributed by atoms with E-state index in [4.69, 9.17) is 45.6 Å². The van der Waals surface area contributed by atoms with Crippen LogP contribution in [0.3, 0.4) is 0 Å². The zero-order valence-electron chi connectivity index (χ0n) is 20.5. The lowest BCUT2D eigenvalue weighted by Crippen LogP contribution is -2.71. The van der Waals surface area contributed by atoms with Gasteiger partial charge in [-0.15, -0.1) is 0 Å². The molecule has 0 saturated carbocycles. The molecule has 0 aromatic heterocycles. The molecule has 0 spiro atoms. The van der Waals surface area contributed by atoms with E-state index in [1.165, 1.54) is 0 Å². The summed E-state index contributed by atoms with van der Waals surface area (Å²) >= 11 is 0. The van der Waals surface area contributed by atoms with Gasteiger partial charge in [-0.05, 0) is 0 Å². The number of aliphatic hydroxyl groups is 8. The van der Waals surface area contributed by atoms with Crippen molar-refractivity contribution in [3.05, 3.63) is 0 Å². The minimum atomic E-state index is -1.68. The molecule has 4 rings (SSSR count). The number of epoxide rings is 1. The van der Waals surface area contributed by atoms with E-state index < -0.39 is 111 Å². The van der Waals surface area contributed by atoms with Crippen molar-refractivity contribution >= 4 is 0 Å². The van der Waals surface area contributed by atoms with E-state index in [1.807, 2.05) is 0 Å². The average Bonchev–Trinajstić information content (AvgIpc) is 3.73. The lowest BCUT2D eigenvalue weighted by molar-refractivity contribution is -0.361. The molecule has 38 heavy (non-hydrogen) atoms. The van der Waals surface area contributed by atoms with E-state index in [0.29, 0.717) is 6.61 Å². The van der Waals surface area contributed by atoms with Crippen molar-refractivity contribution in [1.29, 1.82) is 0 Å². The molecule has 0 aliphatic carbocycles. The Labute approximate surface area is 217 Å². The Morgan fingerprint density at radius 2 is 1.26 bits per heavy atom. The first kappa shape index (κ1) is 30.3. The van der Waals surface area contributed by atoms with E-state index in [1.54, 1.807) is 0 Å². The second kappa shape index (κ2) is 12.0. The first-order chi connectivity index (χ1) is 18.0. The molecular formula is C21H39N3O14. The Hall–Kier alpha value is -0.680. The van der Waals surface area contributed by atoms with E-state index in [9.17, 15) is 40.9 Å². The molecule has 17 nitrogen and oxygen atoms in total. The summed E-state index contributed by atoms with van der Waals surface area (Å²) in [5.41, 5.74) is 16.2. The quantitative estimate of drug-likeness (QED) is 0.117. The molecule has 17 heteroatoms. The van der Waals surface area contributed by atoms with E-state index in [-0.39, 0.29) is 12.5 Å². The highest BCUT2D eigenvalue weighted by Gasteiger charge is 2.57. The predicted molar refractivity (Wildman–Crippen MR) is 120 cm³/mol. The summed E-state index contributed by atoms with van der Waals surface area (Å²) in [6, 6.07) is -3.96. The van der Waals surface area contributed by atoms with Crippen LogP contribution < -0.4 is 17.2 Å². The third-order valence-electron chi connectivity index (χ3n) is 7.57. The maximum Gasteiger partial charge on any atom is 0.176 e. The minimum Gasteiger partial charge on any atom is -0.394 e. The Morgan fingerprint density at radius 1 is 0.737 bits per heavy atom. The molecule has 3 unspecified atom stereocenters. The first-order valence-electron chi connectivity index (χ1n) is 12.4. The van der Waals surface area contributed by atoms with Gasteiger partial charge in [-0.25, -0.2) is 0 Å². The number of rotatable bonds is 9. The fraction of sp³-hybridized carbons (Fsp3) is 1.00. The standard InChI is InChI=1S/C21H39N3O14/c22-9-12(28)15(7(2-25)34-18(9)32)36-19-10(23)13(29)16(8(3-26)35-19)37-20-11(24)14(30)17(31)21(5-27,38-20)1-6-4-33-6/h6-20,25-32H,1-5,22-24H2/t6?,7-,8-,9-,10-,11-,12-,13-,14-,15?,16?,17+,18-,19+,20+,21-/m1/s1. The summed E-state index contributed by atoms with van der Waals surface area (Å²) in [6.45, 7) is -1.69. The summed E-state index contributed by atoms with van der Waals surface area (Å²) in [6.07, 6.45) is -16.2. The molecule has 0 aromatic carbocycles. The lowest BCUT2D eigenvalue weighted by Gasteiger charge is -2.51. The van der Waals surface area contributed by atoms with Gasteiger partial charge in [0.25, 0.3) is 0 Å². The van der Waals surface area contributed by atoms with E-state index >= 15 is 0 Å². The van der Waals surface area contributed by atoms with E-state index in [0.717, 1.165) is 0 Å². The molecule has 16 atom stereocenters. The van der Waals surface area contributed by atoms with Crippen molar-refractivity contribution in [2.24, 2.45) is 17.2 Å². The van der Waals surface area contributed by atoms with Crippen molar-refractivity contribution in [2.75, 3.05) is 26.4 Å². The van der Waals surface area contributed by atoms with E-state index in [2.05, 4.69) is 0 Å². The predicted octanol–water partition coefficient (Wildman–Crippen LogP) is -7.51. The summed E-state index contributed by atoms with van der Waals surface area (Å²) in [4.78, 5) is 0. The number of ether oxygens (including phenoxy) is 6. The Balaban J connectivity index is 1.48. The zero-order valence-corrected chi connectivity index (χ0v) is 20.5. The topological polar surface area (TPSA) is 299 Å². The fourth-order valence-electron chi connectivity index (χ4n) is 5.07. The molecule has 0 bridgehead atoms. The molecule has 14 N–H and O–H groups in total. The van der Waals surface area contributed by atoms with Gasteiger partial charge in [0.2, 0.25) is 0 Å². The molecule has 0 aromatic rings. The Morgan fingerprint density at radius 3 is 1.82 bits per heavy atom. The van der Waals surface area contributed by atoms with Gasteiger partial charge in [0, 0.05) is 6.42 Å². The van der Waals surface area contributed by atoms with Crippen LogP contribution in [-0.2, 0) is 28.4 Å². The third-order valence-corrected chi connectivity index (χ3v) is 7.57. The van der Waals surface area contributed by atoms with Gasteiger partial charge in [0.05, 0.1) is 50.7 Å². The zero-order chi connectivity index (χ0) is 27.9. The summed E-state index contributed by atoms with van der Waals surface area (Å²) in [5.74, 6) is 0. The second-order valence-corrected chi connectivity index (χ2v) is 10.2. The highest BCUT2D eigenvalue weighted by atomic mass is 16.7. The van der Waals surface area contributed by atoms with Gasteiger partial charge in [-0.3, -0.25) is 0 Å². The van der Waals surface area contributed by atoms with Crippen molar-refractivity contribution in [2.45, 2.75) is 104 Å². The maximum absolute atomic E-state index is 11.0. The van der Waals surface area contributed by atoms with Crippen LogP contribution in [-0.4, -0.2) is 165 Å². The van der Waals surface area contributed by atoms with Crippen LogP contribution in [0.4, 0.5) is 0 Å². The van der Waals surface area contributed by atoms with Gasteiger partial charge >= 0.3 is 0 Å². The summed E-state index contributed by atoms with van der Waals surface area (Å²) < 4.78 is 33.4. The fourth-order valence-corrected chi connectivity index (χ4v) is 5.07. The van der Waals surface area contributed by atoms with Crippen LogP contribution >= 0.6 is 0 Å². The van der Waals surface area contributed by atoms with Crippen molar-refractivity contribution in [3.63, 3.8) is 0 Å². The molecule has 4 heterocycles. The second-order valence-electron chi connectivity index (χ2n) is 10.2. The maximum atomic E-state index is 11.0. The van der Waals surface area contributed by atoms with Gasteiger partial charge in [-0.2, -0.15) is 0 Å². The average molecular weight is 558 g/mol. The highest BCUT2D eigenvalue weighted by molar-refractivity contribution is 5.05. The third kappa shape index (κ3) is 5.71. The van der Waals surface area contributed by atoms with Crippen molar-refractivity contribution in [1.82, 2.24) is 0 Å². The molecule has 4 fully saturated rings. The monoisotopic (exact) mass is 557 g/mol. The summed E-state index contributed by atoms with van der Waals surface area (Å²) in [5, 5.41) is 82.0. The van der Waals surface area contributed by atoms with Crippen molar-refractivity contribution < 1.29 is 69.3 Å². The van der Waals surface area contributed by atoms with Crippen LogP contribution in [0.5, 0.6) is 0 Å². The molecule has 4 aliphatic heterocycles. The smallest absolute Gasteiger partial charge is 0.176 e. The molecular weight excluding hydrogens is 518 g/mol. The van der Waals surface area contributed by atoms with Crippen LogP contribution in [0, 0.1) is 0 Å². The molecule has 4 aliphatic rings. The van der Waals surface area contributed by atoms with Crippen LogP contribution in [0.2, 0.25) is 0 Å². The summed E-state index contributed by atoms with van der Waals surface area (Å²) in [7, 11) is 0. The SMILES string of the molecule is N[C@H]1[C@@H](OC2[C@@H](CO)O[C@@H](OC3[C@@H](CO)O[C@@H](O)[C@H](N)[C@H]3O)[C@H](N)[C@H]2O)O[C@@](CO)(CC2CO2)[C@@H](O)[C@@H]1O. The van der Waals surface area contributed by atoms with Gasteiger partial charge in [0.15, 0.2) is 18.9 Å². The lowest BCUT2D eigenvalue weighted by atomic mass is 9.83. The largest absolute Gasteiger partial charge is 0.394 e. The number of aliphatic hydroxyl groups excluding tert-OH is 8. The van der Waals surface area contributed by atoms with Gasteiger partial charge < -0.3 is 86.5 Å². The molecule has 222 valence electrons. The highest BCUT2D eigenvalue weighted by Crippen LogP contribution is 2.38. The van der Waals surface area contributed by atoms with Crippen molar-refractivity contribution in [3.8, 4) is 0 Å². The van der Waals surface area contributed by atoms with Gasteiger partial charge in [0.1, 0.15) is 54.4 Å². The normalized spacial score (nSPS) is 53.6. The molecule has 0 amide bonds.